The van der Waals surface area contributed by atoms with Crippen LogP contribution in [0.2, 0.25) is 0 Å². The second kappa shape index (κ2) is 10.9. The van der Waals surface area contributed by atoms with Gasteiger partial charge in [0.1, 0.15) is 5.76 Å². The minimum atomic E-state index is -0.623. The lowest BCUT2D eigenvalue weighted by atomic mass is 9.96. The summed E-state index contributed by atoms with van der Waals surface area (Å²) in [6.07, 6.45) is 3.21. The Kier molecular flexibility index (Phi) is 7.49. The molecule has 5 N–H and O–H groups in total. The zero-order chi connectivity index (χ0) is 24.8. The van der Waals surface area contributed by atoms with Gasteiger partial charge in [0.25, 0.3) is 5.91 Å². The smallest absolute Gasteiger partial charge is 0.255 e. The van der Waals surface area contributed by atoms with Gasteiger partial charge in [0.15, 0.2) is 5.82 Å². The van der Waals surface area contributed by atoms with Gasteiger partial charge in [-0.2, -0.15) is 0 Å². The predicted molar refractivity (Wildman–Crippen MR) is 132 cm³/mol. The van der Waals surface area contributed by atoms with Crippen LogP contribution in [0.4, 0.5) is 15.8 Å². The van der Waals surface area contributed by atoms with E-state index < -0.39 is 11.7 Å². The Morgan fingerprint density at radius 3 is 2.77 bits per heavy atom. The lowest BCUT2D eigenvalue weighted by molar-refractivity contribution is -0.115. The lowest BCUT2D eigenvalue weighted by Crippen LogP contribution is -2.35. The molecule has 1 aromatic heterocycles. The molecule has 1 fully saturated rings. The van der Waals surface area contributed by atoms with Crippen LogP contribution in [0.15, 0.2) is 73.3 Å². The van der Waals surface area contributed by atoms with Gasteiger partial charge in [0.05, 0.1) is 31.1 Å². The van der Waals surface area contributed by atoms with E-state index in [2.05, 4.69) is 27.5 Å². The molecule has 35 heavy (non-hydrogen) atoms. The number of halogens is 1. The molecule has 1 aliphatic heterocycles. The summed E-state index contributed by atoms with van der Waals surface area (Å²) in [7, 11) is 0. The first-order valence-corrected chi connectivity index (χ1v) is 11.1. The molecular formula is C26H26FN5O3. The van der Waals surface area contributed by atoms with E-state index in [1.54, 1.807) is 24.3 Å². The number of nitrogens with zero attached hydrogens (tertiary/aromatic N) is 1. The van der Waals surface area contributed by atoms with Crippen LogP contribution < -0.4 is 21.7 Å². The predicted octanol–water partition coefficient (Wildman–Crippen LogP) is 3.43. The molecule has 8 nitrogen and oxygen atoms in total. The van der Waals surface area contributed by atoms with E-state index in [4.69, 9.17) is 10.5 Å². The molecule has 2 amide bonds. The number of hydrogen-bond acceptors (Lipinski definition) is 6. The fourth-order valence-corrected chi connectivity index (χ4v) is 3.81. The number of rotatable bonds is 8. The number of anilines is 2. The van der Waals surface area contributed by atoms with Gasteiger partial charge in [-0.25, -0.2) is 4.39 Å². The maximum Gasteiger partial charge on any atom is 0.255 e. The molecule has 1 unspecified atom stereocenters. The molecule has 3 aromatic rings. The maximum atomic E-state index is 13.9. The van der Waals surface area contributed by atoms with Crippen molar-refractivity contribution in [2.45, 2.75) is 19.0 Å². The molecule has 1 atom stereocenters. The van der Waals surface area contributed by atoms with Crippen molar-refractivity contribution in [3.8, 4) is 11.1 Å². The Labute approximate surface area is 202 Å². The Balaban J connectivity index is 1.50. The average molecular weight is 476 g/mol. The van der Waals surface area contributed by atoms with Crippen molar-refractivity contribution in [2.24, 2.45) is 5.73 Å². The van der Waals surface area contributed by atoms with Crippen LogP contribution in [-0.2, 0) is 16.1 Å². The number of carbonyl (C=O) groups is 2. The van der Waals surface area contributed by atoms with Crippen molar-refractivity contribution >= 4 is 23.2 Å². The van der Waals surface area contributed by atoms with Gasteiger partial charge in [0.2, 0.25) is 5.91 Å². The van der Waals surface area contributed by atoms with Crippen LogP contribution in [0.25, 0.3) is 11.1 Å². The molecule has 0 radical (unpaired) electrons. The molecule has 4 rings (SSSR count). The molecule has 0 bridgehead atoms. The summed E-state index contributed by atoms with van der Waals surface area (Å²) in [4.78, 5) is 28.9. The third kappa shape index (κ3) is 5.89. The van der Waals surface area contributed by atoms with E-state index in [0.29, 0.717) is 23.6 Å². The number of amides is 2. The number of benzene rings is 2. The molecule has 0 spiro atoms. The zero-order valence-corrected chi connectivity index (χ0v) is 19.0. The summed E-state index contributed by atoms with van der Waals surface area (Å²) in [6.45, 7) is 4.80. The van der Waals surface area contributed by atoms with Gasteiger partial charge in [0, 0.05) is 30.4 Å². The van der Waals surface area contributed by atoms with E-state index in [-0.39, 0.29) is 30.7 Å². The summed E-state index contributed by atoms with van der Waals surface area (Å²) in [5.41, 5.74) is 9.26. The topological polar surface area (TPSA) is 118 Å². The first-order valence-electron chi connectivity index (χ1n) is 11.1. The van der Waals surface area contributed by atoms with Crippen molar-refractivity contribution in [3.63, 3.8) is 0 Å². The minimum absolute atomic E-state index is 0.0336. The van der Waals surface area contributed by atoms with E-state index in [0.717, 1.165) is 29.3 Å². The molecule has 2 heterocycles. The van der Waals surface area contributed by atoms with Crippen molar-refractivity contribution in [2.75, 3.05) is 23.8 Å². The summed E-state index contributed by atoms with van der Waals surface area (Å²) in [6, 6.07) is 13.7. The highest BCUT2D eigenvalue weighted by Gasteiger charge is 2.21. The van der Waals surface area contributed by atoms with E-state index in [1.807, 2.05) is 18.2 Å². The second-order valence-electron chi connectivity index (χ2n) is 8.05. The largest absolute Gasteiger partial charge is 0.497 e. The van der Waals surface area contributed by atoms with Crippen molar-refractivity contribution in [1.29, 1.82) is 0 Å². The third-order valence-electron chi connectivity index (χ3n) is 5.66. The van der Waals surface area contributed by atoms with Gasteiger partial charge < -0.3 is 21.1 Å². The number of ether oxygens (including phenoxy) is 1. The van der Waals surface area contributed by atoms with Crippen molar-refractivity contribution < 1.29 is 18.7 Å². The van der Waals surface area contributed by atoms with Crippen molar-refractivity contribution in [3.05, 3.63) is 90.2 Å². The Morgan fingerprint density at radius 2 is 2.03 bits per heavy atom. The quantitative estimate of drug-likeness (QED) is 0.397. The molecule has 180 valence electrons. The molecule has 9 heteroatoms. The van der Waals surface area contributed by atoms with Crippen molar-refractivity contribution in [1.82, 2.24) is 10.3 Å². The fraction of sp³-hybridized carbons (Fsp3) is 0.192. The molecule has 0 aliphatic carbocycles. The summed E-state index contributed by atoms with van der Waals surface area (Å²) >= 11 is 0. The number of pyridine rings is 1. The second-order valence-corrected chi connectivity index (χ2v) is 8.05. The van der Waals surface area contributed by atoms with Crippen LogP contribution in [0.5, 0.6) is 0 Å². The van der Waals surface area contributed by atoms with E-state index in [9.17, 15) is 14.0 Å². The van der Waals surface area contributed by atoms with E-state index in [1.165, 1.54) is 12.3 Å². The highest BCUT2D eigenvalue weighted by molar-refractivity contribution is 6.05. The fourth-order valence-electron chi connectivity index (χ4n) is 3.81. The number of aromatic nitrogens is 1. The number of nitrogens with two attached hydrogens (primary N) is 1. The maximum absolute atomic E-state index is 13.9. The summed E-state index contributed by atoms with van der Waals surface area (Å²) < 4.78 is 19.2. The van der Waals surface area contributed by atoms with Gasteiger partial charge in [-0.05, 0) is 47.0 Å². The summed E-state index contributed by atoms with van der Waals surface area (Å²) in [5.74, 6) is -0.645. The Hall–Kier alpha value is -4.08. The molecule has 1 aliphatic rings. The van der Waals surface area contributed by atoms with Gasteiger partial charge >= 0.3 is 0 Å². The van der Waals surface area contributed by atoms with Gasteiger partial charge in [-0.3, -0.25) is 19.9 Å². The lowest BCUT2D eigenvalue weighted by Gasteiger charge is -2.14. The normalized spacial score (nSPS) is 14.9. The minimum Gasteiger partial charge on any atom is -0.497 e. The zero-order valence-electron chi connectivity index (χ0n) is 19.0. The SMILES string of the molecule is C=C1OCCC1NCC(=O)Nc1cccc(-c2cc(C(=O)Nc3ccncc3F)ccc2CN)c1. The average Bonchev–Trinajstić information content (AvgIpc) is 3.28. The standard InChI is InChI=1S/C26H26FN5O3/c1-16-23(8-10-35-16)30-15-25(33)31-20-4-2-3-17(11-20)21-12-18(5-6-19(21)13-28)26(34)32-24-7-9-29-14-22(24)27/h2-7,9,11-12,14,23,30H,1,8,10,13,15,28H2,(H,31,33)(H,29,32,34). The van der Waals surface area contributed by atoms with E-state index >= 15 is 0 Å². The van der Waals surface area contributed by atoms with Crippen LogP contribution in [0.3, 0.4) is 0 Å². The number of hydrogen-bond donors (Lipinski definition) is 4. The molecule has 0 saturated carbocycles. The summed E-state index contributed by atoms with van der Waals surface area (Å²) in [5, 5.41) is 8.56. The number of carbonyl (C=O) groups excluding carboxylic acids is 2. The monoisotopic (exact) mass is 475 g/mol. The Morgan fingerprint density at radius 1 is 1.17 bits per heavy atom. The molecular weight excluding hydrogens is 449 g/mol. The number of nitrogens with one attached hydrogen (secondary N) is 3. The molecule has 2 aromatic carbocycles. The highest BCUT2D eigenvalue weighted by atomic mass is 19.1. The first kappa shape index (κ1) is 24.1. The van der Waals surface area contributed by atoms with Crippen LogP contribution >= 0.6 is 0 Å². The first-order chi connectivity index (χ1) is 16.9. The van der Waals surface area contributed by atoms with Gasteiger partial charge in [-0.15, -0.1) is 0 Å². The Bertz CT molecular complexity index is 1260. The molecule has 1 saturated heterocycles. The van der Waals surface area contributed by atoms with Crippen LogP contribution in [-0.4, -0.2) is 36.0 Å². The van der Waals surface area contributed by atoms with Crippen LogP contribution in [0, 0.1) is 5.82 Å². The third-order valence-corrected chi connectivity index (χ3v) is 5.66. The van der Waals surface area contributed by atoms with Gasteiger partial charge in [-0.1, -0.05) is 24.8 Å². The van der Waals surface area contributed by atoms with Crippen LogP contribution in [0.1, 0.15) is 22.3 Å². The highest BCUT2D eigenvalue weighted by Crippen LogP contribution is 2.28.